The lowest BCUT2D eigenvalue weighted by Crippen LogP contribution is -2.05. The van der Waals surface area contributed by atoms with Crippen LogP contribution in [0.15, 0.2) is 65.3 Å². The number of nitrogens with one attached hydrogen (secondary N) is 2. The van der Waals surface area contributed by atoms with Crippen molar-refractivity contribution in [3.63, 3.8) is 0 Å². The second-order valence-electron chi connectivity index (χ2n) is 4.64. The van der Waals surface area contributed by atoms with Crippen molar-refractivity contribution in [1.29, 1.82) is 0 Å². The van der Waals surface area contributed by atoms with Gasteiger partial charge in [-0.3, -0.25) is 0 Å². The van der Waals surface area contributed by atoms with Crippen molar-refractivity contribution in [3.8, 4) is 0 Å². The predicted octanol–water partition coefficient (Wildman–Crippen LogP) is 3.99. The Morgan fingerprint density at radius 1 is 0.955 bits per heavy atom. The largest absolute Gasteiger partial charge is 0.365 e. The predicted molar refractivity (Wildman–Crippen MR) is 91.0 cm³/mol. The molecule has 1 heterocycles. The van der Waals surface area contributed by atoms with Crippen LogP contribution in [-0.4, -0.2) is 15.2 Å². The highest BCUT2D eigenvalue weighted by Gasteiger charge is 2.01. The van der Waals surface area contributed by atoms with Crippen molar-refractivity contribution in [2.24, 2.45) is 0 Å². The molecule has 3 aromatic rings. The average Bonchev–Trinajstić information content (AvgIpc) is 2.57. The highest BCUT2D eigenvalue weighted by atomic mass is 79.9. The molecule has 110 valence electrons. The van der Waals surface area contributed by atoms with E-state index in [0.29, 0.717) is 18.3 Å². The van der Waals surface area contributed by atoms with E-state index in [1.54, 1.807) is 6.20 Å². The maximum Gasteiger partial charge on any atom is 0.249 e. The molecule has 2 N–H and O–H groups in total. The summed E-state index contributed by atoms with van der Waals surface area (Å²) in [6, 6.07) is 17.9. The molecule has 1 aromatic heterocycles. The average molecular weight is 356 g/mol. The van der Waals surface area contributed by atoms with Crippen LogP contribution in [0.4, 0.5) is 17.5 Å². The molecule has 0 aliphatic heterocycles. The SMILES string of the molecule is Brc1ccc(Nc2nncc(NCc3ccccc3)n2)cc1. The van der Waals surface area contributed by atoms with Crippen LogP contribution in [-0.2, 0) is 6.54 Å². The fourth-order valence-corrected chi connectivity index (χ4v) is 2.16. The van der Waals surface area contributed by atoms with Crippen LogP contribution >= 0.6 is 15.9 Å². The van der Waals surface area contributed by atoms with Gasteiger partial charge >= 0.3 is 0 Å². The van der Waals surface area contributed by atoms with E-state index in [1.807, 2.05) is 42.5 Å². The molecule has 2 aromatic carbocycles. The highest BCUT2D eigenvalue weighted by molar-refractivity contribution is 9.10. The standard InChI is InChI=1S/C16H14BrN5/c17-13-6-8-14(9-7-13)20-16-21-15(11-19-22-16)18-10-12-4-2-1-3-5-12/h1-9,11H,10H2,(H2,18,20,21,22). The molecule has 0 aliphatic carbocycles. The van der Waals surface area contributed by atoms with Gasteiger partial charge in [0.15, 0.2) is 5.82 Å². The maximum absolute atomic E-state index is 4.40. The van der Waals surface area contributed by atoms with Gasteiger partial charge in [-0.15, -0.1) is 5.10 Å². The Labute approximate surface area is 137 Å². The fraction of sp³-hybridized carbons (Fsp3) is 0.0625. The molecule has 0 aliphatic rings. The lowest BCUT2D eigenvalue weighted by molar-refractivity contribution is 0.966. The van der Waals surface area contributed by atoms with Gasteiger partial charge in [0.1, 0.15) is 0 Å². The Balaban J connectivity index is 1.66. The summed E-state index contributed by atoms with van der Waals surface area (Å²) in [7, 11) is 0. The van der Waals surface area contributed by atoms with Crippen LogP contribution in [0.3, 0.4) is 0 Å². The monoisotopic (exact) mass is 355 g/mol. The van der Waals surface area contributed by atoms with E-state index in [2.05, 4.69) is 53.9 Å². The Morgan fingerprint density at radius 2 is 1.73 bits per heavy atom. The fourth-order valence-electron chi connectivity index (χ4n) is 1.89. The first-order valence-electron chi connectivity index (χ1n) is 6.80. The summed E-state index contributed by atoms with van der Waals surface area (Å²) < 4.78 is 1.02. The van der Waals surface area contributed by atoms with Crippen LogP contribution < -0.4 is 10.6 Å². The van der Waals surface area contributed by atoms with Gasteiger partial charge in [0, 0.05) is 16.7 Å². The van der Waals surface area contributed by atoms with Gasteiger partial charge in [0.25, 0.3) is 0 Å². The van der Waals surface area contributed by atoms with E-state index < -0.39 is 0 Å². The van der Waals surface area contributed by atoms with E-state index in [1.165, 1.54) is 5.56 Å². The molecule has 22 heavy (non-hydrogen) atoms. The van der Waals surface area contributed by atoms with Gasteiger partial charge in [0.05, 0.1) is 6.20 Å². The van der Waals surface area contributed by atoms with Crippen LogP contribution in [0.25, 0.3) is 0 Å². The second kappa shape index (κ2) is 7.00. The number of hydrogen-bond acceptors (Lipinski definition) is 5. The van der Waals surface area contributed by atoms with Gasteiger partial charge in [-0.1, -0.05) is 46.3 Å². The number of aromatic nitrogens is 3. The minimum Gasteiger partial charge on any atom is -0.365 e. The van der Waals surface area contributed by atoms with E-state index in [9.17, 15) is 0 Å². The molecule has 0 fully saturated rings. The smallest absolute Gasteiger partial charge is 0.249 e. The Hall–Kier alpha value is -2.47. The van der Waals surface area contributed by atoms with Crippen LogP contribution in [0, 0.1) is 0 Å². The number of anilines is 3. The third-order valence-corrected chi connectivity index (χ3v) is 3.50. The number of nitrogens with zero attached hydrogens (tertiary/aromatic N) is 3. The maximum atomic E-state index is 4.40. The zero-order chi connectivity index (χ0) is 15.2. The summed E-state index contributed by atoms with van der Waals surface area (Å²) in [5.74, 6) is 1.14. The first kappa shape index (κ1) is 14.5. The minimum absolute atomic E-state index is 0.459. The van der Waals surface area contributed by atoms with E-state index in [0.717, 1.165) is 10.2 Å². The quantitative estimate of drug-likeness (QED) is 0.724. The molecule has 6 heteroatoms. The van der Waals surface area contributed by atoms with Crippen LogP contribution in [0.1, 0.15) is 5.56 Å². The number of benzene rings is 2. The Morgan fingerprint density at radius 3 is 2.50 bits per heavy atom. The van der Waals surface area contributed by atoms with Gasteiger partial charge in [-0.25, -0.2) is 0 Å². The normalized spacial score (nSPS) is 10.2. The summed E-state index contributed by atoms with van der Waals surface area (Å²) in [6.45, 7) is 0.692. The number of halogens is 1. The van der Waals surface area contributed by atoms with Crippen molar-refractivity contribution in [2.75, 3.05) is 10.6 Å². The van der Waals surface area contributed by atoms with Crippen molar-refractivity contribution in [2.45, 2.75) is 6.54 Å². The molecular formula is C16H14BrN5. The highest BCUT2D eigenvalue weighted by Crippen LogP contribution is 2.17. The van der Waals surface area contributed by atoms with Crippen molar-refractivity contribution in [3.05, 3.63) is 70.8 Å². The molecule has 3 rings (SSSR count). The summed E-state index contributed by atoms with van der Waals surface area (Å²) in [4.78, 5) is 4.40. The zero-order valence-electron chi connectivity index (χ0n) is 11.7. The molecule has 0 unspecified atom stereocenters. The third kappa shape index (κ3) is 4.02. The van der Waals surface area contributed by atoms with Crippen molar-refractivity contribution < 1.29 is 0 Å². The third-order valence-electron chi connectivity index (χ3n) is 2.98. The molecule has 0 spiro atoms. The van der Waals surface area contributed by atoms with Gasteiger partial charge in [-0.2, -0.15) is 10.1 Å². The lowest BCUT2D eigenvalue weighted by Gasteiger charge is -2.07. The molecule has 0 bridgehead atoms. The second-order valence-corrected chi connectivity index (χ2v) is 5.55. The Kier molecular flexibility index (Phi) is 4.60. The first-order valence-corrected chi connectivity index (χ1v) is 7.59. The molecular weight excluding hydrogens is 342 g/mol. The topological polar surface area (TPSA) is 62.7 Å². The molecule has 0 atom stereocenters. The molecule has 5 nitrogen and oxygen atoms in total. The summed E-state index contributed by atoms with van der Waals surface area (Å²) in [5.41, 5.74) is 2.09. The first-order chi connectivity index (χ1) is 10.8. The van der Waals surface area contributed by atoms with Gasteiger partial charge in [0.2, 0.25) is 5.95 Å². The zero-order valence-corrected chi connectivity index (χ0v) is 13.3. The van der Waals surface area contributed by atoms with E-state index >= 15 is 0 Å². The van der Waals surface area contributed by atoms with E-state index in [-0.39, 0.29) is 0 Å². The summed E-state index contributed by atoms with van der Waals surface area (Å²) >= 11 is 3.40. The molecule has 0 amide bonds. The molecule has 0 radical (unpaired) electrons. The summed E-state index contributed by atoms with van der Waals surface area (Å²) in [6.07, 6.45) is 1.61. The molecule has 0 saturated carbocycles. The van der Waals surface area contributed by atoms with E-state index in [4.69, 9.17) is 0 Å². The van der Waals surface area contributed by atoms with Gasteiger partial charge < -0.3 is 10.6 Å². The molecule has 0 saturated heterocycles. The summed E-state index contributed by atoms with van der Waals surface area (Å²) in [5, 5.41) is 14.3. The van der Waals surface area contributed by atoms with Crippen molar-refractivity contribution >= 4 is 33.4 Å². The number of hydrogen-bond donors (Lipinski definition) is 2. The van der Waals surface area contributed by atoms with Crippen LogP contribution in [0.5, 0.6) is 0 Å². The lowest BCUT2D eigenvalue weighted by atomic mass is 10.2. The van der Waals surface area contributed by atoms with Crippen LogP contribution in [0.2, 0.25) is 0 Å². The number of rotatable bonds is 5. The minimum atomic E-state index is 0.459. The van der Waals surface area contributed by atoms with Crippen molar-refractivity contribution in [1.82, 2.24) is 15.2 Å². The van der Waals surface area contributed by atoms with Gasteiger partial charge in [-0.05, 0) is 29.8 Å². The Bertz CT molecular complexity index is 731.